The molecule has 0 atom stereocenters. The topological polar surface area (TPSA) is 64.7 Å². The molecule has 0 aliphatic rings. The molecular formula is C18H18N4. The van der Waals surface area contributed by atoms with E-state index in [-0.39, 0.29) is 0 Å². The number of hydrogen-bond acceptors (Lipinski definition) is 4. The Labute approximate surface area is 130 Å². The summed E-state index contributed by atoms with van der Waals surface area (Å²) in [5, 5.41) is 0. The third-order valence-corrected chi connectivity index (χ3v) is 3.75. The Balaban J connectivity index is 1.93. The number of rotatable bonds is 5. The van der Waals surface area contributed by atoms with Crippen LogP contribution in [0.15, 0.2) is 73.2 Å². The molecule has 3 heterocycles. The van der Waals surface area contributed by atoms with E-state index in [1.54, 1.807) is 18.6 Å². The van der Waals surface area contributed by atoms with Crippen molar-refractivity contribution in [3.05, 3.63) is 90.3 Å². The molecule has 0 saturated carbocycles. The lowest BCUT2D eigenvalue weighted by molar-refractivity contribution is 0.462. The van der Waals surface area contributed by atoms with Crippen molar-refractivity contribution in [2.24, 2.45) is 5.73 Å². The van der Waals surface area contributed by atoms with Crippen LogP contribution in [0.5, 0.6) is 0 Å². The fourth-order valence-electron chi connectivity index (χ4n) is 2.51. The molecule has 2 N–H and O–H groups in total. The third kappa shape index (κ3) is 3.02. The first-order chi connectivity index (χ1) is 10.8. The van der Waals surface area contributed by atoms with Gasteiger partial charge in [-0.15, -0.1) is 0 Å². The third-order valence-electron chi connectivity index (χ3n) is 3.75. The summed E-state index contributed by atoms with van der Waals surface area (Å²) >= 11 is 0. The van der Waals surface area contributed by atoms with Gasteiger partial charge in [-0.2, -0.15) is 0 Å². The molecule has 4 nitrogen and oxygen atoms in total. The van der Waals surface area contributed by atoms with Crippen molar-refractivity contribution in [2.75, 3.05) is 0 Å². The van der Waals surface area contributed by atoms with Gasteiger partial charge >= 0.3 is 0 Å². The van der Waals surface area contributed by atoms with Gasteiger partial charge in [-0.3, -0.25) is 15.0 Å². The molecule has 3 rings (SSSR count). The van der Waals surface area contributed by atoms with Crippen molar-refractivity contribution in [2.45, 2.75) is 18.4 Å². The zero-order valence-electron chi connectivity index (χ0n) is 12.3. The number of pyridine rings is 3. The van der Waals surface area contributed by atoms with E-state index >= 15 is 0 Å². The van der Waals surface area contributed by atoms with E-state index in [4.69, 9.17) is 5.73 Å². The molecule has 0 amide bonds. The van der Waals surface area contributed by atoms with Gasteiger partial charge in [0.15, 0.2) is 0 Å². The molecule has 0 radical (unpaired) electrons. The second-order valence-electron chi connectivity index (χ2n) is 5.22. The van der Waals surface area contributed by atoms with Gasteiger partial charge in [0.25, 0.3) is 0 Å². The molecule has 0 unspecified atom stereocenters. The Bertz CT molecular complexity index is 659. The summed E-state index contributed by atoms with van der Waals surface area (Å²) in [5.74, 6) is 0. The molecule has 110 valence electrons. The molecular weight excluding hydrogens is 272 g/mol. The normalized spacial score (nSPS) is 11.3. The minimum Gasteiger partial charge on any atom is -0.315 e. The van der Waals surface area contributed by atoms with Crippen LogP contribution in [0.3, 0.4) is 0 Å². The lowest BCUT2D eigenvalue weighted by Gasteiger charge is -2.28. The fourth-order valence-corrected chi connectivity index (χ4v) is 2.51. The minimum atomic E-state index is -0.722. The van der Waals surface area contributed by atoms with Crippen molar-refractivity contribution in [1.82, 2.24) is 15.0 Å². The van der Waals surface area contributed by atoms with Crippen molar-refractivity contribution in [3.8, 4) is 0 Å². The van der Waals surface area contributed by atoms with E-state index in [0.717, 1.165) is 23.5 Å². The molecule has 22 heavy (non-hydrogen) atoms. The number of hydrogen-bond donors (Lipinski definition) is 1. The van der Waals surface area contributed by atoms with E-state index in [9.17, 15) is 0 Å². The van der Waals surface area contributed by atoms with Gasteiger partial charge in [-0.05, 0) is 49.2 Å². The lowest BCUT2D eigenvalue weighted by Crippen LogP contribution is -2.40. The molecule has 0 fully saturated rings. The molecule has 0 aliphatic heterocycles. The molecule has 0 saturated heterocycles. The average Bonchev–Trinajstić information content (AvgIpc) is 2.62. The summed E-state index contributed by atoms with van der Waals surface area (Å²) in [7, 11) is 0. The van der Waals surface area contributed by atoms with Gasteiger partial charge in [0.2, 0.25) is 0 Å². The molecule has 4 heteroatoms. The van der Waals surface area contributed by atoms with Gasteiger partial charge in [0.05, 0.1) is 11.4 Å². The van der Waals surface area contributed by atoms with Gasteiger partial charge in [0, 0.05) is 24.3 Å². The molecule has 0 aromatic carbocycles. The average molecular weight is 290 g/mol. The van der Waals surface area contributed by atoms with Crippen LogP contribution in [0, 0.1) is 0 Å². The summed E-state index contributed by atoms with van der Waals surface area (Å²) in [6.45, 7) is 0. The van der Waals surface area contributed by atoms with Crippen LogP contribution >= 0.6 is 0 Å². The first-order valence-electron chi connectivity index (χ1n) is 7.31. The smallest absolute Gasteiger partial charge is 0.101 e. The monoisotopic (exact) mass is 290 g/mol. The fraction of sp³-hybridized carbons (Fsp3) is 0.167. The van der Waals surface area contributed by atoms with Gasteiger partial charge in [-0.1, -0.05) is 18.2 Å². The van der Waals surface area contributed by atoms with Crippen LogP contribution in [0.2, 0.25) is 0 Å². The number of nitrogens with zero attached hydrogens (tertiary/aromatic N) is 3. The lowest BCUT2D eigenvalue weighted by atomic mass is 9.85. The summed E-state index contributed by atoms with van der Waals surface area (Å²) in [6.07, 6.45) is 6.79. The van der Waals surface area contributed by atoms with Crippen molar-refractivity contribution < 1.29 is 0 Å². The summed E-state index contributed by atoms with van der Waals surface area (Å²) in [6, 6.07) is 17.5. The van der Waals surface area contributed by atoms with E-state index in [1.165, 1.54) is 0 Å². The first kappa shape index (κ1) is 14.4. The van der Waals surface area contributed by atoms with Crippen LogP contribution in [-0.4, -0.2) is 15.0 Å². The molecule has 0 aliphatic carbocycles. The Morgan fingerprint density at radius 1 is 0.727 bits per heavy atom. The Morgan fingerprint density at radius 3 is 1.73 bits per heavy atom. The second kappa shape index (κ2) is 6.45. The zero-order chi connectivity index (χ0) is 15.3. The standard InChI is InChI=1S/C18H18N4/c19-18(16-8-2-5-13-21-16,17-9-3-6-14-22-17)11-10-15-7-1-4-12-20-15/h1-9,12-14H,10-11,19H2. The van der Waals surface area contributed by atoms with Crippen LogP contribution < -0.4 is 5.73 Å². The second-order valence-corrected chi connectivity index (χ2v) is 5.22. The Hall–Kier alpha value is -2.59. The Morgan fingerprint density at radius 2 is 1.27 bits per heavy atom. The number of aromatic nitrogens is 3. The highest BCUT2D eigenvalue weighted by Crippen LogP contribution is 2.28. The van der Waals surface area contributed by atoms with Crippen LogP contribution in [0.1, 0.15) is 23.5 Å². The maximum absolute atomic E-state index is 6.74. The predicted molar refractivity (Wildman–Crippen MR) is 86.0 cm³/mol. The largest absolute Gasteiger partial charge is 0.315 e. The van der Waals surface area contributed by atoms with Crippen LogP contribution in [0.25, 0.3) is 0 Å². The van der Waals surface area contributed by atoms with Crippen molar-refractivity contribution >= 4 is 0 Å². The van der Waals surface area contributed by atoms with Gasteiger partial charge in [0.1, 0.15) is 5.54 Å². The van der Waals surface area contributed by atoms with Crippen molar-refractivity contribution in [3.63, 3.8) is 0 Å². The summed E-state index contributed by atoms with van der Waals surface area (Å²) in [4.78, 5) is 13.3. The predicted octanol–water partition coefficient (Wildman–Crippen LogP) is 2.71. The zero-order valence-corrected chi connectivity index (χ0v) is 12.3. The Kier molecular flexibility index (Phi) is 4.21. The highest BCUT2D eigenvalue weighted by molar-refractivity contribution is 5.29. The summed E-state index contributed by atoms with van der Waals surface area (Å²) < 4.78 is 0. The summed E-state index contributed by atoms with van der Waals surface area (Å²) in [5.41, 5.74) is 8.68. The van der Waals surface area contributed by atoms with Gasteiger partial charge < -0.3 is 5.73 Å². The van der Waals surface area contributed by atoms with E-state index < -0.39 is 5.54 Å². The van der Waals surface area contributed by atoms with Crippen LogP contribution in [0.4, 0.5) is 0 Å². The van der Waals surface area contributed by atoms with Crippen LogP contribution in [-0.2, 0) is 12.0 Å². The quantitative estimate of drug-likeness (QED) is 0.784. The molecule has 3 aromatic rings. The SMILES string of the molecule is NC(CCc1ccccn1)(c1ccccn1)c1ccccn1. The van der Waals surface area contributed by atoms with E-state index in [0.29, 0.717) is 6.42 Å². The highest BCUT2D eigenvalue weighted by atomic mass is 14.9. The molecule has 3 aromatic heterocycles. The van der Waals surface area contributed by atoms with E-state index in [2.05, 4.69) is 15.0 Å². The maximum atomic E-state index is 6.74. The van der Waals surface area contributed by atoms with E-state index in [1.807, 2.05) is 54.6 Å². The highest BCUT2D eigenvalue weighted by Gasteiger charge is 2.32. The minimum absolute atomic E-state index is 0.692. The van der Waals surface area contributed by atoms with Crippen molar-refractivity contribution in [1.29, 1.82) is 0 Å². The molecule has 0 spiro atoms. The maximum Gasteiger partial charge on any atom is 0.101 e. The molecule has 0 bridgehead atoms. The number of aryl methyl sites for hydroxylation is 1. The number of nitrogens with two attached hydrogens (primary N) is 1. The van der Waals surface area contributed by atoms with Gasteiger partial charge in [-0.25, -0.2) is 0 Å². The first-order valence-corrected chi connectivity index (χ1v) is 7.31.